The number of hydrogen-bond donors (Lipinski definition) is 0. The van der Waals surface area contributed by atoms with Gasteiger partial charge in [-0.25, -0.2) is 0 Å². The summed E-state index contributed by atoms with van der Waals surface area (Å²) in [5.74, 6) is 4.13. The third-order valence-electron chi connectivity index (χ3n) is 5.68. The third-order valence-corrected chi connectivity index (χ3v) is 5.68. The lowest BCUT2D eigenvalue weighted by Crippen LogP contribution is -2.10. The van der Waals surface area contributed by atoms with Gasteiger partial charge in [-0.1, -0.05) is 37.3 Å². The average molecular weight is 198 g/mol. The van der Waals surface area contributed by atoms with Crippen molar-refractivity contribution in [3.05, 3.63) is 35.9 Å². The van der Waals surface area contributed by atoms with Crippen molar-refractivity contribution in [2.75, 3.05) is 0 Å². The molecule has 15 heavy (non-hydrogen) atoms. The minimum Gasteiger partial charge on any atom is -0.0622 e. The Morgan fingerprint density at radius 3 is 2.33 bits per heavy atom. The fourth-order valence-electron chi connectivity index (χ4n) is 5.05. The summed E-state index contributed by atoms with van der Waals surface area (Å²) in [6.07, 6.45) is 4.65. The lowest BCUT2D eigenvalue weighted by molar-refractivity contribution is 0.399. The molecule has 78 valence electrons. The van der Waals surface area contributed by atoms with E-state index in [4.69, 9.17) is 0 Å². The Labute approximate surface area is 91.7 Å². The smallest absolute Gasteiger partial charge is 0.0128 e. The molecule has 0 nitrogen and oxygen atoms in total. The van der Waals surface area contributed by atoms with Crippen LogP contribution in [0.1, 0.15) is 37.7 Å². The summed E-state index contributed by atoms with van der Waals surface area (Å²) >= 11 is 0. The van der Waals surface area contributed by atoms with E-state index in [9.17, 15) is 0 Å². The Morgan fingerprint density at radius 1 is 1.13 bits per heavy atom. The van der Waals surface area contributed by atoms with Crippen molar-refractivity contribution in [1.82, 2.24) is 0 Å². The Morgan fingerprint density at radius 2 is 1.80 bits per heavy atom. The number of benzene rings is 1. The van der Waals surface area contributed by atoms with Crippen molar-refractivity contribution in [3.8, 4) is 0 Å². The average Bonchev–Trinajstić information content (AvgIpc) is 2.78. The Kier molecular flexibility index (Phi) is 1.39. The van der Waals surface area contributed by atoms with Crippen LogP contribution >= 0.6 is 0 Å². The molecule has 4 bridgehead atoms. The molecule has 4 aliphatic carbocycles. The first kappa shape index (κ1) is 8.38. The van der Waals surface area contributed by atoms with Crippen LogP contribution in [0, 0.1) is 23.2 Å². The van der Waals surface area contributed by atoms with Crippen molar-refractivity contribution in [3.63, 3.8) is 0 Å². The van der Waals surface area contributed by atoms with Gasteiger partial charge in [0.2, 0.25) is 0 Å². The van der Waals surface area contributed by atoms with Crippen LogP contribution in [0.25, 0.3) is 0 Å². The van der Waals surface area contributed by atoms with E-state index in [2.05, 4.69) is 37.3 Å². The monoisotopic (exact) mass is 198 g/mol. The van der Waals surface area contributed by atoms with Gasteiger partial charge in [0.1, 0.15) is 0 Å². The van der Waals surface area contributed by atoms with E-state index in [0.717, 1.165) is 29.1 Å². The largest absolute Gasteiger partial charge is 0.0622 e. The molecule has 0 radical (unpaired) electrons. The highest BCUT2D eigenvalue weighted by molar-refractivity contribution is 5.32. The number of hydrogen-bond acceptors (Lipinski definition) is 0. The molecule has 3 atom stereocenters. The summed E-state index contributed by atoms with van der Waals surface area (Å²) in [6.45, 7) is 2.47. The SMILES string of the molecule is CC(c1ccccc1)C12CC3CC1C2C3. The number of rotatable bonds is 2. The minimum atomic E-state index is 0.756. The van der Waals surface area contributed by atoms with Gasteiger partial charge < -0.3 is 0 Å². The zero-order chi connectivity index (χ0) is 10.0. The molecule has 0 N–H and O–H groups in total. The topological polar surface area (TPSA) is 0 Å². The van der Waals surface area contributed by atoms with E-state index < -0.39 is 0 Å². The van der Waals surface area contributed by atoms with Crippen molar-refractivity contribution < 1.29 is 0 Å². The van der Waals surface area contributed by atoms with Crippen molar-refractivity contribution in [2.45, 2.75) is 32.1 Å². The maximum atomic E-state index is 2.47. The summed E-state index contributed by atoms with van der Waals surface area (Å²) in [4.78, 5) is 0. The second kappa shape index (κ2) is 2.48. The van der Waals surface area contributed by atoms with E-state index in [-0.39, 0.29) is 0 Å². The van der Waals surface area contributed by atoms with Gasteiger partial charge in [0.05, 0.1) is 0 Å². The predicted molar refractivity (Wildman–Crippen MR) is 61.6 cm³/mol. The quantitative estimate of drug-likeness (QED) is 0.677. The van der Waals surface area contributed by atoms with Crippen LogP contribution in [0.2, 0.25) is 0 Å². The second-order valence-corrected chi connectivity index (χ2v) is 6.00. The van der Waals surface area contributed by atoms with Crippen molar-refractivity contribution in [1.29, 1.82) is 0 Å². The third kappa shape index (κ3) is 0.851. The molecule has 0 saturated heterocycles. The molecule has 5 rings (SSSR count). The second-order valence-electron chi connectivity index (χ2n) is 6.00. The Hall–Kier alpha value is -0.780. The van der Waals surface area contributed by atoms with Crippen LogP contribution in [-0.2, 0) is 0 Å². The molecule has 0 spiro atoms. The normalized spacial score (nSPS) is 46.9. The molecule has 4 fully saturated rings. The molecule has 0 heterocycles. The molecule has 0 amide bonds. The zero-order valence-electron chi connectivity index (χ0n) is 9.32. The molecular formula is C15H18. The highest BCUT2D eigenvalue weighted by atomic mass is 14.8. The summed E-state index contributed by atoms with van der Waals surface area (Å²) < 4.78 is 0. The van der Waals surface area contributed by atoms with Gasteiger partial charge >= 0.3 is 0 Å². The van der Waals surface area contributed by atoms with Gasteiger partial charge in [-0.15, -0.1) is 0 Å². The van der Waals surface area contributed by atoms with Crippen LogP contribution in [-0.4, -0.2) is 0 Å². The Balaban J connectivity index is 1.70. The van der Waals surface area contributed by atoms with Gasteiger partial charge in [-0.3, -0.25) is 0 Å². The van der Waals surface area contributed by atoms with E-state index >= 15 is 0 Å². The lowest BCUT2D eigenvalue weighted by Gasteiger charge is -2.21. The fraction of sp³-hybridized carbons (Fsp3) is 0.600. The fourth-order valence-corrected chi connectivity index (χ4v) is 5.05. The summed E-state index contributed by atoms with van der Waals surface area (Å²) in [7, 11) is 0. The maximum Gasteiger partial charge on any atom is -0.0128 e. The highest BCUT2D eigenvalue weighted by Crippen LogP contribution is 2.83. The minimum absolute atomic E-state index is 0.756. The summed E-state index contributed by atoms with van der Waals surface area (Å²) in [6, 6.07) is 11.2. The first-order chi connectivity index (χ1) is 7.32. The van der Waals surface area contributed by atoms with Crippen LogP contribution in [0.3, 0.4) is 0 Å². The molecule has 1 aromatic carbocycles. The molecule has 0 heteroatoms. The van der Waals surface area contributed by atoms with Crippen LogP contribution in [0.15, 0.2) is 30.3 Å². The van der Waals surface area contributed by atoms with Crippen LogP contribution in [0.5, 0.6) is 0 Å². The van der Waals surface area contributed by atoms with Crippen molar-refractivity contribution in [2.24, 2.45) is 23.2 Å². The van der Waals surface area contributed by atoms with E-state index in [0.29, 0.717) is 0 Å². The Bertz CT molecular complexity index is 380. The van der Waals surface area contributed by atoms with Gasteiger partial charge in [0.25, 0.3) is 0 Å². The van der Waals surface area contributed by atoms with E-state index in [1.807, 2.05) is 0 Å². The van der Waals surface area contributed by atoms with E-state index in [1.165, 1.54) is 0 Å². The molecule has 4 aliphatic rings. The summed E-state index contributed by atoms with van der Waals surface area (Å²) in [5.41, 5.74) is 2.33. The first-order valence-corrected chi connectivity index (χ1v) is 6.37. The molecule has 0 aliphatic heterocycles. The predicted octanol–water partition coefficient (Wildman–Crippen LogP) is 3.84. The molecule has 0 aromatic heterocycles. The highest BCUT2D eigenvalue weighted by Gasteiger charge is 2.75. The van der Waals surface area contributed by atoms with Gasteiger partial charge in [-0.2, -0.15) is 0 Å². The van der Waals surface area contributed by atoms with Gasteiger partial charge in [0, 0.05) is 0 Å². The van der Waals surface area contributed by atoms with Gasteiger partial charge in [-0.05, 0) is 53.9 Å². The zero-order valence-corrected chi connectivity index (χ0v) is 9.32. The van der Waals surface area contributed by atoms with Crippen molar-refractivity contribution >= 4 is 0 Å². The van der Waals surface area contributed by atoms with Crippen LogP contribution in [0.4, 0.5) is 0 Å². The molecule has 1 aromatic rings. The first-order valence-electron chi connectivity index (χ1n) is 6.37. The lowest BCUT2D eigenvalue weighted by atomic mass is 9.83. The molecule has 4 saturated carbocycles. The van der Waals surface area contributed by atoms with E-state index in [1.54, 1.807) is 24.8 Å². The standard InChI is InChI=1S/C15H18/c1-10(12-5-3-2-4-6-12)15-9-11-7-13(15)14(15)8-11/h2-6,10-11,13-14H,7-9H2,1H3. The van der Waals surface area contributed by atoms with Gasteiger partial charge in [0.15, 0.2) is 0 Å². The van der Waals surface area contributed by atoms with Crippen LogP contribution < -0.4 is 0 Å². The molecule has 3 unspecified atom stereocenters. The summed E-state index contributed by atoms with van der Waals surface area (Å²) in [5, 5.41) is 0. The maximum absolute atomic E-state index is 2.47. The molecular weight excluding hydrogens is 180 g/mol.